The Morgan fingerprint density at radius 2 is 1.90 bits per heavy atom. The van der Waals surface area contributed by atoms with Gasteiger partial charge in [0.15, 0.2) is 6.61 Å². The van der Waals surface area contributed by atoms with Gasteiger partial charge in [-0.25, -0.2) is 0 Å². The van der Waals surface area contributed by atoms with Crippen LogP contribution in [0.25, 0.3) is 0 Å². The molecule has 2 aromatic carbocycles. The van der Waals surface area contributed by atoms with Crippen molar-refractivity contribution in [1.82, 2.24) is 0 Å². The predicted octanol–water partition coefficient (Wildman–Crippen LogP) is 4.16. The van der Waals surface area contributed by atoms with Gasteiger partial charge in [0.2, 0.25) is 5.91 Å². The van der Waals surface area contributed by atoms with Crippen LogP contribution in [0, 0.1) is 19.8 Å². The molecule has 0 spiro atoms. The van der Waals surface area contributed by atoms with Gasteiger partial charge >= 0.3 is 5.97 Å². The van der Waals surface area contributed by atoms with E-state index in [-0.39, 0.29) is 25.5 Å². The fraction of sp³-hybridized carbons (Fsp3) is 0.348. The second kappa shape index (κ2) is 9.43. The Morgan fingerprint density at radius 3 is 2.57 bits per heavy atom. The highest BCUT2D eigenvalue weighted by Crippen LogP contribution is 2.31. The number of nitrogens with zero attached hydrogens (tertiary/aromatic N) is 1. The van der Waals surface area contributed by atoms with Gasteiger partial charge in [-0.15, -0.1) is 0 Å². The van der Waals surface area contributed by atoms with E-state index < -0.39 is 17.8 Å². The Labute approximate surface area is 184 Å². The Balaban J connectivity index is 1.58. The summed E-state index contributed by atoms with van der Waals surface area (Å²) in [6, 6.07) is 11.4. The minimum Gasteiger partial charge on any atom is -0.455 e. The topological polar surface area (TPSA) is 75.7 Å². The van der Waals surface area contributed by atoms with E-state index in [2.05, 4.69) is 21.2 Å². The molecule has 7 heteroatoms. The fourth-order valence-electron chi connectivity index (χ4n) is 3.73. The molecule has 2 aromatic rings. The lowest BCUT2D eigenvalue weighted by Gasteiger charge is -2.21. The maximum Gasteiger partial charge on any atom is 0.311 e. The number of nitrogens with one attached hydrogen (secondary N) is 1. The maximum atomic E-state index is 12.5. The van der Waals surface area contributed by atoms with Crippen LogP contribution in [-0.4, -0.2) is 30.9 Å². The second-order valence-electron chi connectivity index (χ2n) is 7.46. The molecule has 30 heavy (non-hydrogen) atoms. The first-order chi connectivity index (χ1) is 14.3. The van der Waals surface area contributed by atoms with E-state index >= 15 is 0 Å². The van der Waals surface area contributed by atoms with Crippen molar-refractivity contribution in [2.24, 2.45) is 5.92 Å². The number of esters is 1. The second-order valence-corrected chi connectivity index (χ2v) is 8.37. The van der Waals surface area contributed by atoms with Gasteiger partial charge in [-0.2, -0.15) is 0 Å². The van der Waals surface area contributed by atoms with Gasteiger partial charge in [0.1, 0.15) is 0 Å². The number of hydrogen-bond acceptors (Lipinski definition) is 4. The zero-order valence-corrected chi connectivity index (χ0v) is 18.9. The number of ether oxygens (including phenoxy) is 1. The zero-order valence-electron chi connectivity index (χ0n) is 17.3. The summed E-state index contributed by atoms with van der Waals surface area (Å²) in [5.74, 6) is -1.63. The summed E-state index contributed by atoms with van der Waals surface area (Å²) < 4.78 is 6.14. The molecular weight excluding hydrogens is 448 g/mol. The monoisotopic (exact) mass is 472 g/mol. The number of hydrogen-bond donors (Lipinski definition) is 1. The number of amides is 2. The molecule has 158 valence electrons. The van der Waals surface area contributed by atoms with Crippen LogP contribution in [0.4, 0.5) is 11.4 Å². The smallest absolute Gasteiger partial charge is 0.311 e. The van der Waals surface area contributed by atoms with Crippen molar-refractivity contribution >= 4 is 45.1 Å². The normalized spacial score (nSPS) is 15.9. The summed E-state index contributed by atoms with van der Waals surface area (Å²) in [7, 11) is 0. The zero-order chi connectivity index (χ0) is 21.8. The van der Waals surface area contributed by atoms with E-state index in [1.54, 1.807) is 11.0 Å². The van der Waals surface area contributed by atoms with Crippen LogP contribution in [-0.2, 0) is 25.5 Å². The number of anilines is 2. The molecule has 2 amide bonds. The van der Waals surface area contributed by atoms with Gasteiger partial charge in [0.05, 0.1) is 5.92 Å². The highest BCUT2D eigenvalue weighted by atomic mass is 79.9. The molecule has 1 aliphatic rings. The van der Waals surface area contributed by atoms with Crippen LogP contribution >= 0.6 is 15.9 Å². The van der Waals surface area contributed by atoms with Crippen molar-refractivity contribution in [1.29, 1.82) is 0 Å². The number of carbonyl (C=O) groups is 3. The first kappa shape index (κ1) is 22.0. The van der Waals surface area contributed by atoms with Gasteiger partial charge in [-0.3, -0.25) is 14.4 Å². The highest BCUT2D eigenvalue weighted by molar-refractivity contribution is 9.10. The maximum absolute atomic E-state index is 12.5. The molecule has 1 aliphatic heterocycles. The standard InChI is InChI=1S/C23H25BrN2O4/c1-4-16-10-18(24)8-9-19(16)25-20(27)13-30-23(29)17-11-21(28)26(12-17)22-14(2)6-5-7-15(22)3/h5-10,17H,4,11-13H2,1-3H3,(H,25,27)/t17-/m0/s1. The number of carbonyl (C=O) groups excluding carboxylic acids is 3. The third-order valence-corrected chi connectivity index (χ3v) is 5.73. The van der Waals surface area contributed by atoms with Crippen LogP contribution in [0.3, 0.4) is 0 Å². The molecule has 1 fully saturated rings. The highest BCUT2D eigenvalue weighted by Gasteiger charge is 2.37. The van der Waals surface area contributed by atoms with Crippen molar-refractivity contribution < 1.29 is 19.1 Å². The van der Waals surface area contributed by atoms with Crippen molar-refractivity contribution in [3.63, 3.8) is 0 Å². The molecule has 1 saturated heterocycles. The summed E-state index contributed by atoms with van der Waals surface area (Å²) in [5, 5.41) is 2.78. The predicted molar refractivity (Wildman–Crippen MR) is 119 cm³/mol. The molecule has 0 unspecified atom stereocenters. The van der Waals surface area contributed by atoms with E-state index in [4.69, 9.17) is 4.74 Å². The summed E-state index contributed by atoms with van der Waals surface area (Å²) >= 11 is 3.41. The van der Waals surface area contributed by atoms with Crippen molar-refractivity contribution in [2.45, 2.75) is 33.6 Å². The number of halogens is 1. The molecule has 1 N–H and O–H groups in total. The molecule has 3 rings (SSSR count). The number of para-hydroxylation sites is 1. The average molecular weight is 473 g/mol. The van der Waals surface area contributed by atoms with E-state index in [0.717, 1.165) is 33.3 Å². The van der Waals surface area contributed by atoms with Crippen LogP contribution < -0.4 is 10.2 Å². The lowest BCUT2D eigenvalue weighted by atomic mass is 10.1. The fourth-order valence-corrected chi connectivity index (χ4v) is 4.14. The van der Waals surface area contributed by atoms with Gasteiger partial charge in [0, 0.05) is 28.8 Å². The Kier molecular flexibility index (Phi) is 6.92. The van der Waals surface area contributed by atoms with Crippen LogP contribution in [0.5, 0.6) is 0 Å². The average Bonchev–Trinajstić information content (AvgIpc) is 3.09. The minimum atomic E-state index is -0.580. The quantitative estimate of drug-likeness (QED) is 0.640. The number of aryl methyl sites for hydroxylation is 3. The van der Waals surface area contributed by atoms with E-state index in [9.17, 15) is 14.4 Å². The van der Waals surface area contributed by atoms with Gasteiger partial charge in [-0.05, 0) is 55.2 Å². The van der Waals surface area contributed by atoms with Crippen LogP contribution in [0.2, 0.25) is 0 Å². The van der Waals surface area contributed by atoms with Gasteiger partial charge in [0.25, 0.3) is 5.91 Å². The van der Waals surface area contributed by atoms with Crippen molar-refractivity contribution in [3.05, 3.63) is 57.6 Å². The number of benzene rings is 2. The summed E-state index contributed by atoms with van der Waals surface area (Å²) in [6.45, 7) is 5.76. The molecule has 0 bridgehead atoms. The summed E-state index contributed by atoms with van der Waals surface area (Å²) in [6.07, 6.45) is 0.841. The van der Waals surface area contributed by atoms with Crippen molar-refractivity contribution in [3.8, 4) is 0 Å². The molecule has 0 saturated carbocycles. The first-order valence-electron chi connectivity index (χ1n) is 9.91. The molecule has 1 heterocycles. The third kappa shape index (κ3) is 4.90. The summed E-state index contributed by atoms with van der Waals surface area (Å²) in [5.41, 5.74) is 4.49. The molecule has 0 aromatic heterocycles. The minimum absolute atomic E-state index is 0.0842. The van der Waals surface area contributed by atoms with Crippen molar-refractivity contribution in [2.75, 3.05) is 23.4 Å². The Hall–Kier alpha value is -2.67. The molecule has 6 nitrogen and oxygen atoms in total. The largest absolute Gasteiger partial charge is 0.455 e. The van der Waals surface area contributed by atoms with Crippen LogP contribution in [0.1, 0.15) is 30.0 Å². The molecular formula is C23H25BrN2O4. The van der Waals surface area contributed by atoms with E-state index in [0.29, 0.717) is 5.69 Å². The lowest BCUT2D eigenvalue weighted by Crippen LogP contribution is -2.29. The van der Waals surface area contributed by atoms with Crippen LogP contribution in [0.15, 0.2) is 40.9 Å². The van der Waals surface area contributed by atoms with E-state index in [1.807, 2.05) is 51.1 Å². The first-order valence-corrected chi connectivity index (χ1v) is 10.7. The summed E-state index contributed by atoms with van der Waals surface area (Å²) in [4.78, 5) is 38.9. The van der Waals surface area contributed by atoms with Gasteiger partial charge < -0.3 is 15.0 Å². The lowest BCUT2D eigenvalue weighted by molar-refractivity contribution is -0.151. The van der Waals surface area contributed by atoms with E-state index in [1.165, 1.54) is 0 Å². The number of rotatable bonds is 6. The third-order valence-electron chi connectivity index (χ3n) is 5.24. The Morgan fingerprint density at radius 1 is 1.20 bits per heavy atom. The SMILES string of the molecule is CCc1cc(Br)ccc1NC(=O)COC(=O)[C@H]1CC(=O)N(c2c(C)cccc2C)C1. The molecule has 0 aliphatic carbocycles. The molecule has 1 atom stereocenters. The molecule has 0 radical (unpaired) electrons. The van der Waals surface area contributed by atoms with Gasteiger partial charge in [-0.1, -0.05) is 41.1 Å². The Bertz CT molecular complexity index is 969.